The predicted octanol–water partition coefficient (Wildman–Crippen LogP) is 2.49. The van der Waals surface area contributed by atoms with Gasteiger partial charge in [-0.2, -0.15) is 0 Å². The Hall–Kier alpha value is -1.13. The fourth-order valence-electron chi connectivity index (χ4n) is 1.79. The summed E-state index contributed by atoms with van der Waals surface area (Å²) in [5, 5.41) is 3.35. The van der Waals surface area contributed by atoms with Crippen molar-refractivity contribution in [2.75, 3.05) is 13.7 Å². The molecule has 0 aromatic heterocycles. The van der Waals surface area contributed by atoms with Gasteiger partial charge in [-0.25, -0.2) is 4.39 Å². The molecule has 1 unspecified atom stereocenters. The molecule has 18 heavy (non-hydrogen) atoms. The molecule has 1 N–H and O–H groups in total. The summed E-state index contributed by atoms with van der Waals surface area (Å²) >= 11 is 0. The van der Waals surface area contributed by atoms with Crippen LogP contribution >= 0.6 is 0 Å². The Balaban J connectivity index is 1.90. The number of benzene rings is 1. The Bertz CT molecular complexity index is 393. The van der Waals surface area contributed by atoms with E-state index in [0.29, 0.717) is 12.6 Å². The zero-order chi connectivity index (χ0) is 13.0. The Morgan fingerprint density at radius 1 is 1.44 bits per heavy atom. The number of rotatable bonds is 7. The molecule has 1 saturated carbocycles. The fourth-order valence-corrected chi connectivity index (χ4v) is 1.79. The SMILES string of the molecule is COCC(C)Oc1ccc(CNC2CC2)cc1F. The summed E-state index contributed by atoms with van der Waals surface area (Å²) in [4.78, 5) is 0. The van der Waals surface area contributed by atoms with Gasteiger partial charge in [0.05, 0.1) is 6.61 Å². The van der Waals surface area contributed by atoms with Gasteiger partial charge in [0, 0.05) is 19.7 Å². The molecule has 1 aromatic carbocycles. The first kappa shape index (κ1) is 13.3. The van der Waals surface area contributed by atoms with E-state index in [-0.39, 0.29) is 17.7 Å². The maximum absolute atomic E-state index is 13.8. The van der Waals surface area contributed by atoms with Gasteiger partial charge in [0.25, 0.3) is 0 Å². The molecule has 4 heteroatoms. The third-order valence-corrected chi connectivity index (χ3v) is 2.90. The summed E-state index contributed by atoms with van der Waals surface area (Å²) < 4.78 is 24.2. The van der Waals surface area contributed by atoms with E-state index in [1.807, 2.05) is 13.0 Å². The minimum absolute atomic E-state index is 0.153. The van der Waals surface area contributed by atoms with Gasteiger partial charge in [-0.3, -0.25) is 0 Å². The fraction of sp³-hybridized carbons (Fsp3) is 0.571. The van der Waals surface area contributed by atoms with E-state index in [0.717, 1.165) is 12.1 Å². The van der Waals surface area contributed by atoms with E-state index in [1.54, 1.807) is 13.2 Å². The normalized spacial score (nSPS) is 16.6. The molecule has 1 atom stereocenters. The molecule has 0 spiro atoms. The van der Waals surface area contributed by atoms with Crippen LogP contribution in [0.2, 0.25) is 0 Å². The summed E-state index contributed by atoms with van der Waals surface area (Å²) in [7, 11) is 1.60. The van der Waals surface area contributed by atoms with Crippen molar-refractivity contribution in [1.82, 2.24) is 5.32 Å². The summed E-state index contributed by atoms with van der Waals surface area (Å²) in [6.45, 7) is 3.02. The van der Waals surface area contributed by atoms with Crippen LogP contribution in [0.25, 0.3) is 0 Å². The molecular formula is C14H20FNO2. The van der Waals surface area contributed by atoms with E-state index in [2.05, 4.69) is 5.32 Å². The van der Waals surface area contributed by atoms with Gasteiger partial charge in [0.1, 0.15) is 6.10 Å². The highest BCUT2D eigenvalue weighted by molar-refractivity contribution is 5.29. The summed E-state index contributed by atoms with van der Waals surface area (Å²) in [6.07, 6.45) is 2.32. The van der Waals surface area contributed by atoms with Crippen molar-refractivity contribution in [3.8, 4) is 5.75 Å². The molecule has 1 fully saturated rings. The number of nitrogens with one attached hydrogen (secondary N) is 1. The molecule has 1 aliphatic rings. The Labute approximate surface area is 107 Å². The molecule has 0 bridgehead atoms. The lowest BCUT2D eigenvalue weighted by Gasteiger charge is -2.14. The lowest BCUT2D eigenvalue weighted by molar-refractivity contribution is 0.0892. The average molecular weight is 253 g/mol. The van der Waals surface area contributed by atoms with E-state index in [1.165, 1.54) is 18.9 Å². The highest BCUT2D eigenvalue weighted by Gasteiger charge is 2.20. The molecule has 0 radical (unpaired) electrons. The van der Waals surface area contributed by atoms with Gasteiger partial charge in [-0.1, -0.05) is 6.07 Å². The Kier molecular flexibility index (Phi) is 4.55. The molecule has 0 amide bonds. The molecule has 1 aromatic rings. The molecule has 3 nitrogen and oxygen atoms in total. The van der Waals surface area contributed by atoms with E-state index in [4.69, 9.17) is 9.47 Å². The van der Waals surface area contributed by atoms with Crippen molar-refractivity contribution in [3.05, 3.63) is 29.6 Å². The van der Waals surface area contributed by atoms with Gasteiger partial charge in [-0.15, -0.1) is 0 Å². The van der Waals surface area contributed by atoms with Crippen LogP contribution in [0.1, 0.15) is 25.3 Å². The Morgan fingerprint density at radius 2 is 2.22 bits per heavy atom. The maximum Gasteiger partial charge on any atom is 0.165 e. The van der Waals surface area contributed by atoms with Crippen molar-refractivity contribution in [3.63, 3.8) is 0 Å². The molecule has 0 saturated heterocycles. The predicted molar refractivity (Wildman–Crippen MR) is 68.2 cm³/mol. The molecular weight excluding hydrogens is 233 g/mol. The summed E-state index contributed by atoms with van der Waals surface area (Å²) in [5.41, 5.74) is 0.950. The zero-order valence-electron chi connectivity index (χ0n) is 10.9. The van der Waals surface area contributed by atoms with Crippen LogP contribution in [0.5, 0.6) is 5.75 Å². The first-order valence-corrected chi connectivity index (χ1v) is 6.36. The van der Waals surface area contributed by atoms with Crippen LogP contribution in [0.4, 0.5) is 4.39 Å². The third kappa shape index (κ3) is 3.96. The van der Waals surface area contributed by atoms with Crippen LogP contribution in [0.15, 0.2) is 18.2 Å². The number of halogens is 1. The second-order valence-electron chi connectivity index (χ2n) is 4.80. The number of hydrogen-bond acceptors (Lipinski definition) is 3. The molecule has 2 rings (SSSR count). The second-order valence-corrected chi connectivity index (χ2v) is 4.80. The molecule has 0 heterocycles. The van der Waals surface area contributed by atoms with Gasteiger partial charge >= 0.3 is 0 Å². The van der Waals surface area contributed by atoms with Crippen LogP contribution in [0, 0.1) is 5.82 Å². The van der Waals surface area contributed by atoms with Crippen LogP contribution in [-0.2, 0) is 11.3 Å². The number of hydrogen-bond donors (Lipinski definition) is 1. The zero-order valence-corrected chi connectivity index (χ0v) is 10.9. The van der Waals surface area contributed by atoms with Crippen LogP contribution < -0.4 is 10.1 Å². The smallest absolute Gasteiger partial charge is 0.165 e. The first-order valence-electron chi connectivity index (χ1n) is 6.36. The van der Waals surface area contributed by atoms with Crippen molar-refractivity contribution in [1.29, 1.82) is 0 Å². The average Bonchev–Trinajstić information content (AvgIpc) is 3.14. The van der Waals surface area contributed by atoms with Crippen LogP contribution in [-0.4, -0.2) is 25.9 Å². The van der Waals surface area contributed by atoms with Crippen molar-refractivity contribution in [2.24, 2.45) is 0 Å². The van der Waals surface area contributed by atoms with Gasteiger partial charge in [0.2, 0.25) is 0 Å². The second kappa shape index (κ2) is 6.16. The topological polar surface area (TPSA) is 30.5 Å². The highest BCUT2D eigenvalue weighted by Crippen LogP contribution is 2.22. The molecule has 0 aliphatic heterocycles. The highest BCUT2D eigenvalue weighted by atomic mass is 19.1. The van der Waals surface area contributed by atoms with Gasteiger partial charge < -0.3 is 14.8 Å². The van der Waals surface area contributed by atoms with Gasteiger partial charge in [0.15, 0.2) is 11.6 Å². The minimum Gasteiger partial charge on any atom is -0.485 e. The maximum atomic E-state index is 13.8. The monoisotopic (exact) mass is 253 g/mol. The molecule has 100 valence electrons. The summed E-state index contributed by atoms with van der Waals surface area (Å²) in [5.74, 6) is -0.0252. The van der Waals surface area contributed by atoms with E-state index in [9.17, 15) is 4.39 Å². The minimum atomic E-state index is -0.312. The molecule has 1 aliphatic carbocycles. The largest absolute Gasteiger partial charge is 0.485 e. The quantitative estimate of drug-likeness (QED) is 0.810. The van der Waals surface area contributed by atoms with E-state index < -0.39 is 0 Å². The Morgan fingerprint density at radius 3 is 2.83 bits per heavy atom. The first-order chi connectivity index (χ1) is 8.69. The van der Waals surface area contributed by atoms with Crippen molar-refractivity contribution < 1.29 is 13.9 Å². The third-order valence-electron chi connectivity index (χ3n) is 2.90. The lowest BCUT2D eigenvalue weighted by atomic mass is 10.2. The van der Waals surface area contributed by atoms with Gasteiger partial charge in [-0.05, 0) is 37.5 Å². The number of ether oxygens (including phenoxy) is 2. The number of methoxy groups -OCH3 is 1. The standard InChI is InChI=1S/C14H20FNO2/c1-10(9-17-2)18-14-6-3-11(7-13(14)15)8-16-12-4-5-12/h3,6-7,10,12,16H,4-5,8-9H2,1-2H3. The van der Waals surface area contributed by atoms with Crippen LogP contribution in [0.3, 0.4) is 0 Å². The summed E-state index contributed by atoms with van der Waals surface area (Å²) in [6, 6.07) is 5.74. The lowest BCUT2D eigenvalue weighted by Crippen LogP contribution is -2.19. The van der Waals surface area contributed by atoms with Crippen molar-refractivity contribution in [2.45, 2.75) is 38.5 Å². The van der Waals surface area contributed by atoms with Crippen molar-refractivity contribution >= 4 is 0 Å². The van der Waals surface area contributed by atoms with E-state index >= 15 is 0 Å².